The fourth-order valence-corrected chi connectivity index (χ4v) is 3.94. The number of nitrogens with one attached hydrogen (secondary N) is 1. The summed E-state index contributed by atoms with van der Waals surface area (Å²) < 4.78 is 5.75. The third-order valence-electron chi connectivity index (χ3n) is 4.76. The lowest BCUT2D eigenvalue weighted by molar-refractivity contribution is 0.0928. The molecule has 3 aromatic rings. The van der Waals surface area contributed by atoms with Gasteiger partial charge in [-0.1, -0.05) is 17.7 Å². The average Bonchev–Trinajstić information content (AvgIpc) is 3.23. The Morgan fingerprint density at radius 3 is 2.86 bits per heavy atom. The van der Waals surface area contributed by atoms with Crippen LogP contribution in [0.2, 0.25) is 0 Å². The van der Waals surface area contributed by atoms with Crippen LogP contribution in [0.4, 0.5) is 5.95 Å². The Hall–Kier alpha value is -3.00. The Morgan fingerprint density at radius 2 is 2.07 bits per heavy atom. The van der Waals surface area contributed by atoms with Crippen molar-refractivity contribution in [3.8, 4) is 5.75 Å². The van der Waals surface area contributed by atoms with Crippen LogP contribution < -0.4 is 15.0 Å². The fourth-order valence-electron chi connectivity index (χ4n) is 3.25. The Morgan fingerprint density at radius 1 is 1.28 bits per heavy atom. The summed E-state index contributed by atoms with van der Waals surface area (Å²) in [5, 5.41) is 5.65. The van der Waals surface area contributed by atoms with Gasteiger partial charge in [0.2, 0.25) is 5.95 Å². The fraction of sp³-hybridized carbons (Fsp3) is 0.333. The van der Waals surface area contributed by atoms with Crippen molar-refractivity contribution in [1.82, 2.24) is 20.3 Å². The van der Waals surface area contributed by atoms with Crippen LogP contribution >= 0.6 is 11.3 Å². The molecule has 0 aliphatic carbocycles. The van der Waals surface area contributed by atoms with Crippen LogP contribution in [0, 0.1) is 6.92 Å². The maximum atomic E-state index is 12.6. The van der Waals surface area contributed by atoms with Gasteiger partial charge in [-0.2, -0.15) is 0 Å². The average molecular weight is 410 g/mol. The molecule has 1 saturated heterocycles. The molecule has 1 aliphatic rings. The first-order valence-corrected chi connectivity index (χ1v) is 10.5. The number of anilines is 1. The Bertz CT molecular complexity index is 945. The van der Waals surface area contributed by atoms with Crippen molar-refractivity contribution in [1.29, 1.82) is 0 Å². The van der Waals surface area contributed by atoms with Gasteiger partial charge in [0.15, 0.2) is 0 Å². The van der Waals surface area contributed by atoms with Gasteiger partial charge in [0.25, 0.3) is 5.91 Å². The largest absolute Gasteiger partial charge is 0.486 e. The topological polar surface area (TPSA) is 80.2 Å². The molecule has 2 aromatic heterocycles. The molecular weight excluding hydrogens is 386 g/mol. The van der Waals surface area contributed by atoms with E-state index in [0.29, 0.717) is 24.8 Å². The van der Waals surface area contributed by atoms with Crippen molar-refractivity contribution in [2.45, 2.75) is 32.4 Å². The predicted molar refractivity (Wildman–Crippen MR) is 112 cm³/mol. The SMILES string of the molecule is Cc1ccc(OCc2nc(C(=O)N[C@H]3CCCN(c4ncccn4)C3)cs2)cc1. The van der Waals surface area contributed by atoms with E-state index in [4.69, 9.17) is 4.74 Å². The molecule has 0 unspecified atom stereocenters. The maximum Gasteiger partial charge on any atom is 0.271 e. The van der Waals surface area contributed by atoms with Gasteiger partial charge in [0.05, 0.1) is 0 Å². The highest BCUT2D eigenvalue weighted by Gasteiger charge is 2.24. The molecule has 1 amide bonds. The molecule has 1 atom stereocenters. The van der Waals surface area contributed by atoms with E-state index in [1.54, 1.807) is 23.8 Å². The van der Waals surface area contributed by atoms with E-state index in [1.165, 1.54) is 16.9 Å². The highest BCUT2D eigenvalue weighted by molar-refractivity contribution is 7.09. The minimum absolute atomic E-state index is 0.0500. The smallest absolute Gasteiger partial charge is 0.271 e. The van der Waals surface area contributed by atoms with E-state index in [1.807, 2.05) is 31.2 Å². The quantitative estimate of drug-likeness (QED) is 0.673. The van der Waals surface area contributed by atoms with Gasteiger partial charge in [0, 0.05) is 36.9 Å². The van der Waals surface area contributed by atoms with E-state index in [2.05, 4.69) is 25.2 Å². The van der Waals surface area contributed by atoms with Gasteiger partial charge < -0.3 is 15.0 Å². The number of nitrogens with zero attached hydrogens (tertiary/aromatic N) is 4. The lowest BCUT2D eigenvalue weighted by atomic mass is 10.1. The van der Waals surface area contributed by atoms with Crippen molar-refractivity contribution in [2.75, 3.05) is 18.0 Å². The molecular formula is C21H23N5O2S. The van der Waals surface area contributed by atoms with Crippen molar-refractivity contribution < 1.29 is 9.53 Å². The summed E-state index contributed by atoms with van der Waals surface area (Å²) in [6.07, 6.45) is 5.39. The zero-order valence-corrected chi connectivity index (χ0v) is 17.1. The third-order valence-corrected chi connectivity index (χ3v) is 5.58. The number of aromatic nitrogens is 3. The molecule has 0 spiro atoms. The Kier molecular flexibility index (Phi) is 6.00. The number of carbonyl (C=O) groups excluding carboxylic acids is 1. The number of hydrogen-bond donors (Lipinski definition) is 1. The van der Waals surface area contributed by atoms with Crippen LogP contribution in [0.5, 0.6) is 5.75 Å². The minimum Gasteiger partial charge on any atom is -0.486 e. The molecule has 29 heavy (non-hydrogen) atoms. The summed E-state index contributed by atoms with van der Waals surface area (Å²) in [6, 6.07) is 9.72. The van der Waals surface area contributed by atoms with E-state index in [-0.39, 0.29) is 11.9 Å². The number of amides is 1. The van der Waals surface area contributed by atoms with Crippen LogP contribution in [0.25, 0.3) is 0 Å². The molecule has 1 aromatic carbocycles. The Labute approximate surface area is 173 Å². The number of rotatable bonds is 6. The van der Waals surface area contributed by atoms with Crippen LogP contribution in [0.3, 0.4) is 0 Å². The molecule has 0 radical (unpaired) electrons. The first-order chi connectivity index (χ1) is 14.2. The molecule has 4 rings (SSSR count). The van der Waals surface area contributed by atoms with Crippen molar-refractivity contribution in [3.05, 3.63) is 64.4 Å². The van der Waals surface area contributed by atoms with Gasteiger partial charge in [-0.25, -0.2) is 15.0 Å². The second-order valence-electron chi connectivity index (χ2n) is 7.04. The van der Waals surface area contributed by atoms with Crippen LogP contribution in [0.1, 0.15) is 33.9 Å². The van der Waals surface area contributed by atoms with Crippen LogP contribution in [0.15, 0.2) is 48.1 Å². The van der Waals surface area contributed by atoms with Gasteiger partial charge >= 0.3 is 0 Å². The molecule has 150 valence electrons. The number of ether oxygens (including phenoxy) is 1. The van der Waals surface area contributed by atoms with E-state index >= 15 is 0 Å². The van der Waals surface area contributed by atoms with E-state index in [9.17, 15) is 4.79 Å². The number of aryl methyl sites for hydroxylation is 1. The Balaban J connectivity index is 1.31. The molecule has 1 aliphatic heterocycles. The minimum atomic E-state index is -0.149. The van der Waals surface area contributed by atoms with E-state index in [0.717, 1.165) is 30.1 Å². The van der Waals surface area contributed by atoms with Gasteiger partial charge in [-0.05, 0) is 38.0 Å². The number of hydrogen-bond acceptors (Lipinski definition) is 7. The summed E-state index contributed by atoms with van der Waals surface area (Å²) in [4.78, 5) is 27.8. The first-order valence-electron chi connectivity index (χ1n) is 9.64. The number of thiazole rings is 1. The second kappa shape index (κ2) is 9.00. The number of piperidine rings is 1. The van der Waals surface area contributed by atoms with E-state index < -0.39 is 0 Å². The molecule has 1 N–H and O–H groups in total. The molecule has 0 saturated carbocycles. The summed E-state index contributed by atoms with van der Waals surface area (Å²) in [5.74, 6) is 1.35. The summed E-state index contributed by atoms with van der Waals surface area (Å²) in [7, 11) is 0. The van der Waals surface area contributed by atoms with Crippen molar-refractivity contribution in [3.63, 3.8) is 0 Å². The zero-order valence-electron chi connectivity index (χ0n) is 16.2. The molecule has 8 heteroatoms. The molecule has 3 heterocycles. The summed E-state index contributed by atoms with van der Waals surface area (Å²) >= 11 is 1.43. The summed E-state index contributed by atoms with van der Waals surface area (Å²) in [6.45, 7) is 3.98. The second-order valence-corrected chi connectivity index (χ2v) is 7.98. The van der Waals surface area contributed by atoms with Crippen molar-refractivity contribution >= 4 is 23.2 Å². The predicted octanol–water partition coefficient (Wildman–Crippen LogP) is 3.22. The van der Waals surface area contributed by atoms with Crippen molar-refractivity contribution in [2.24, 2.45) is 0 Å². The highest BCUT2D eigenvalue weighted by Crippen LogP contribution is 2.18. The summed E-state index contributed by atoms with van der Waals surface area (Å²) in [5.41, 5.74) is 1.62. The number of carbonyl (C=O) groups is 1. The van der Waals surface area contributed by atoms with Crippen LogP contribution in [-0.4, -0.2) is 40.0 Å². The van der Waals surface area contributed by atoms with Gasteiger partial charge in [-0.15, -0.1) is 11.3 Å². The lowest BCUT2D eigenvalue weighted by Gasteiger charge is -2.32. The normalized spacial score (nSPS) is 16.4. The first kappa shape index (κ1) is 19.3. The maximum absolute atomic E-state index is 12.6. The van der Waals surface area contributed by atoms with Gasteiger partial charge in [0.1, 0.15) is 23.1 Å². The van der Waals surface area contributed by atoms with Crippen LogP contribution in [-0.2, 0) is 6.61 Å². The molecule has 7 nitrogen and oxygen atoms in total. The third kappa shape index (κ3) is 5.08. The monoisotopic (exact) mass is 409 g/mol. The lowest BCUT2D eigenvalue weighted by Crippen LogP contribution is -2.48. The van der Waals surface area contributed by atoms with Gasteiger partial charge in [-0.3, -0.25) is 4.79 Å². The molecule has 0 bridgehead atoms. The highest BCUT2D eigenvalue weighted by atomic mass is 32.1. The molecule has 1 fully saturated rings. The standard InChI is InChI=1S/C21H23N5O2S/c1-15-5-7-17(8-6-15)28-13-19-25-18(14-29-19)20(27)24-16-4-2-11-26(12-16)21-22-9-3-10-23-21/h3,5-10,14,16H,2,4,11-13H2,1H3,(H,24,27)/t16-/m0/s1. The number of benzene rings is 1. The zero-order chi connectivity index (χ0) is 20.1.